The first-order valence-electron chi connectivity index (χ1n) is 14.0. The second-order valence-electron chi connectivity index (χ2n) is 11.8. The Balaban J connectivity index is 1.74. The van der Waals surface area contributed by atoms with Crippen molar-refractivity contribution in [2.75, 3.05) is 0 Å². The van der Waals surface area contributed by atoms with Crippen LogP contribution in [0.4, 0.5) is 0 Å². The summed E-state index contributed by atoms with van der Waals surface area (Å²) in [4.78, 5) is 51.5. The first-order valence-corrected chi connectivity index (χ1v) is 14.0. The summed E-state index contributed by atoms with van der Waals surface area (Å²) in [6, 6.07) is 10.4. The third-order valence-corrected chi connectivity index (χ3v) is 8.78. The highest BCUT2D eigenvalue weighted by atomic mass is 16.2. The predicted octanol–water partition coefficient (Wildman–Crippen LogP) is 7.64. The summed E-state index contributed by atoms with van der Waals surface area (Å²) in [7, 11) is 0. The summed E-state index contributed by atoms with van der Waals surface area (Å²) in [6.07, 6.45) is 3.36. The van der Waals surface area contributed by atoms with Crippen molar-refractivity contribution in [3.05, 3.63) is 69.3 Å². The lowest BCUT2D eigenvalue weighted by atomic mass is 9.67. The molecule has 3 atom stereocenters. The maximum Gasteiger partial charge on any atom is 0.169 e. The van der Waals surface area contributed by atoms with Gasteiger partial charge >= 0.3 is 0 Å². The van der Waals surface area contributed by atoms with Crippen LogP contribution in [0.15, 0.2) is 41.5 Å². The summed E-state index contributed by atoms with van der Waals surface area (Å²) in [5.41, 5.74) is 7.62. The Morgan fingerprint density at radius 2 is 1.61 bits per heavy atom. The molecular weight excluding hydrogens is 472 g/mol. The van der Waals surface area contributed by atoms with Crippen LogP contribution in [0, 0.1) is 24.7 Å². The fraction of sp³-hybridized carbons (Fsp3) is 0.471. The van der Waals surface area contributed by atoms with E-state index >= 15 is 0 Å². The number of carbonyl (C=O) groups excluding carboxylic acids is 4. The van der Waals surface area contributed by atoms with Gasteiger partial charge in [-0.3, -0.25) is 19.2 Å². The molecule has 0 aliphatic heterocycles. The van der Waals surface area contributed by atoms with Crippen molar-refractivity contribution in [1.82, 2.24) is 0 Å². The molecule has 4 rings (SSSR count). The monoisotopic (exact) mass is 512 g/mol. The van der Waals surface area contributed by atoms with Crippen molar-refractivity contribution in [3.63, 3.8) is 0 Å². The molecule has 0 bridgehead atoms. The average Bonchev–Trinajstić information content (AvgIpc) is 2.83. The first kappa shape index (κ1) is 27.9. The molecule has 0 aromatic heterocycles. The molecule has 200 valence electrons. The van der Waals surface area contributed by atoms with Crippen molar-refractivity contribution in [3.8, 4) is 11.1 Å². The molecule has 0 amide bonds. The molecule has 4 nitrogen and oxygen atoms in total. The molecule has 2 aromatic rings. The minimum Gasteiger partial charge on any atom is -0.295 e. The highest BCUT2D eigenvalue weighted by molar-refractivity contribution is 6.21. The molecular formula is C34H40O4. The molecule has 2 aromatic carbocycles. The van der Waals surface area contributed by atoms with Crippen molar-refractivity contribution in [2.45, 2.75) is 86.5 Å². The minimum absolute atomic E-state index is 0.0239. The fourth-order valence-corrected chi connectivity index (χ4v) is 6.90. The van der Waals surface area contributed by atoms with Gasteiger partial charge in [0.05, 0.1) is 5.57 Å². The van der Waals surface area contributed by atoms with E-state index in [1.54, 1.807) is 6.92 Å². The smallest absolute Gasteiger partial charge is 0.169 e. The van der Waals surface area contributed by atoms with Gasteiger partial charge in [-0.05, 0) is 105 Å². The van der Waals surface area contributed by atoms with Gasteiger partial charge in [-0.1, -0.05) is 50.6 Å². The summed E-state index contributed by atoms with van der Waals surface area (Å²) in [6.45, 7) is 13.2. The Morgan fingerprint density at radius 3 is 2.16 bits per heavy atom. The van der Waals surface area contributed by atoms with Gasteiger partial charge < -0.3 is 0 Å². The average molecular weight is 513 g/mol. The van der Waals surface area contributed by atoms with E-state index in [4.69, 9.17) is 0 Å². The lowest BCUT2D eigenvalue weighted by molar-refractivity contribution is -0.125. The molecule has 0 spiro atoms. The molecule has 0 fully saturated rings. The highest BCUT2D eigenvalue weighted by Crippen LogP contribution is 2.43. The first-order chi connectivity index (χ1) is 17.9. The van der Waals surface area contributed by atoms with Crippen LogP contribution in [-0.2, 0) is 16.0 Å². The number of benzene rings is 2. The molecule has 0 radical (unpaired) electrons. The normalized spacial score (nSPS) is 21.6. The quantitative estimate of drug-likeness (QED) is 0.282. The van der Waals surface area contributed by atoms with E-state index in [-0.39, 0.29) is 40.9 Å². The number of hydrogen-bond donors (Lipinski definition) is 0. The van der Waals surface area contributed by atoms with E-state index in [0.717, 1.165) is 47.1 Å². The Hall–Kier alpha value is -3.14. The Morgan fingerprint density at radius 1 is 0.947 bits per heavy atom. The predicted molar refractivity (Wildman–Crippen MR) is 152 cm³/mol. The molecule has 4 heteroatoms. The van der Waals surface area contributed by atoms with E-state index in [2.05, 4.69) is 38.1 Å². The van der Waals surface area contributed by atoms with Crippen LogP contribution < -0.4 is 0 Å². The van der Waals surface area contributed by atoms with Gasteiger partial charge in [0.25, 0.3) is 0 Å². The number of Topliss-reactive ketones (excluding diaryl/α,β-unsaturated/α-hetero) is 4. The minimum atomic E-state index is -0.182. The van der Waals surface area contributed by atoms with Crippen LogP contribution in [0.1, 0.15) is 111 Å². The van der Waals surface area contributed by atoms with Gasteiger partial charge in [-0.25, -0.2) is 0 Å². The van der Waals surface area contributed by atoms with Gasteiger partial charge in [0.2, 0.25) is 0 Å². The second-order valence-corrected chi connectivity index (χ2v) is 11.8. The van der Waals surface area contributed by atoms with E-state index in [9.17, 15) is 19.2 Å². The Bertz CT molecular complexity index is 1340. The van der Waals surface area contributed by atoms with Crippen LogP contribution in [0.3, 0.4) is 0 Å². The summed E-state index contributed by atoms with van der Waals surface area (Å²) in [5.74, 6) is 0.366. The van der Waals surface area contributed by atoms with Crippen molar-refractivity contribution in [1.29, 1.82) is 0 Å². The SMILES string of the molecule is CCC1C(=O)C(C(C)=O)=C(C)CC1CC1CC(=O)c2c(C)c(C(C)=O)cc(-c3ccc(C(C)C)cc3)c2C1. The Labute approximate surface area is 226 Å². The number of ketones is 4. The van der Waals surface area contributed by atoms with Crippen LogP contribution in [0.5, 0.6) is 0 Å². The van der Waals surface area contributed by atoms with Crippen LogP contribution >= 0.6 is 0 Å². The third-order valence-electron chi connectivity index (χ3n) is 8.78. The van der Waals surface area contributed by atoms with Gasteiger partial charge in [0.15, 0.2) is 23.1 Å². The van der Waals surface area contributed by atoms with Crippen LogP contribution in [-0.4, -0.2) is 23.1 Å². The number of rotatable bonds is 7. The molecule has 3 unspecified atom stereocenters. The van der Waals surface area contributed by atoms with Crippen molar-refractivity contribution in [2.24, 2.45) is 17.8 Å². The molecule has 0 saturated heterocycles. The topological polar surface area (TPSA) is 68.3 Å². The number of allylic oxidation sites excluding steroid dienone is 2. The Kier molecular flexibility index (Phi) is 8.01. The maximum absolute atomic E-state index is 13.6. The summed E-state index contributed by atoms with van der Waals surface area (Å²) >= 11 is 0. The van der Waals surface area contributed by atoms with E-state index < -0.39 is 0 Å². The van der Waals surface area contributed by atoms with Gasteiger partial charge in [-0.2, -0.15) is 0 Å². The largest absolute Gasteiger partial charge is 0.295 e. The van der Waals surface area contributed by atoms with Crippen LogP contribution in [0.2, 0.25) is 0 Å². The summed E-state index contributed by atoms with van der Waals surface area (Å²) < 4.78 is 0. The van der Waals surface area contributed by atoms with Gasteiger partial charge in [0, 0.05) is 23.5 Å². The van der Waals surface area contributed by atoms with Gasteiger partial charge in [0.1, 0.15) is 0 Å². The standard InChI is InChI=1S/C34H40O4/c1-8-27-26(13-19(4)32(22(7)36)34(27)38)14-23-15-30-29(25-11-9-24(10-12-25)18(2)3)17-28(21(6)35)20(5)33(30)31(37)16-23/h9-12,17-18,23,26-27H,8,13-16H2,1-7H3. The zero-order valence-electron chi connectivity index (χ0n) is 23.9. The van der Waals surface area contributed by atoms with Gasteiger partial charge in [-0.15, -0.1) is 0 Å². The van der Waals surface area contributed by atoms with Crippen molar-refractivity contribution >= 4 is 23.1 Å². The molecule has 0 N–H and O–H groups in total. The lowest BCUT2D eigenvalue weighted by Gasteiger charge is -2.36. The zero-order chi connectivity index (χ0) is 27.9. The van der Waals surface area contributed by atoms with E-state index in [0.29, 0.717) is 35.5 Å². The maximum atomic E-state index is 13.6. The molecule has 2 aliphatic carbocycles. The molecule has 0 saturated carbocycles. The zero-order valence-corrected chi connectivity index (χ0v) is 23.9. The molecule has 0 heterocycles. The second kappa shape index (κ2) is 10.9. The molecule has 38 heavy (non-hydrogen) atoms. The third kappa shape index (κ3) is 5.10. The number of carbonyl (C=O) groups is 4. The van der Waals surface area contributed by atoms with E-state index in [1.165, 1.54) is 12.5 Å². The number of fused-ring (bicyclic) bond motifs is 1. The highest BCUT2D eigenvalue weighted by Gasteiger charge is 2.39. The van der Waals surface area contributed by atoms with Crippen LogP contribution in [0.25, 0.3) is 11.1 Å². The van der Waals surface area contributed by atoms with E-state index in [1.807, 2.05) is 26.8 Å². The van der Waals surface area contributed by atoms with Crippen molar-refractivity contribution < 1.29 is 19.2 Å². The number of hydrogen-bond acceptors (Lipinski definition) is 4. The lowest BCUT2D eigenvalue weighted by Crippen LogP contribution is -2.35. The molecule has 2 aliphatic rings. The summed E-state index contributed by atoms with van der Waals surface area (Å²) in [5, 5.41) is 0. The fourth-order valence-electron chi connectivity index (χ4n) is 6.90.